The summed E-state index contributed by atoms with van der Waals surface area (Å²) in [6.45, 7) is 21.1. The molecule has 0 atom stereocenters. The summed E-state index contributed by atoms with van der Waals surface area (Å²) in [7, 11) is -11.4. The van der Waals surface area contributed by atoms with Crippen LogP contribution in [0.3, 0.4) is 0 Å². The maximum Gasteiger partial charge on any atom is 0.407 e. The van der Waals surface area contributed by atoms with E-state index in [1.165, 1.54) is 22.3 Å². The standard InChI is InChI=1S/C60H66F4N4O9S3/c1-12-60(10,11)58(69)75-28-27-65-59(70)76-29-30-78-56-50(61)52(63)57(53(64)51(56)62)80(73,74)68-79(71,72)48-22-14-13-17-45(48)49-43-25-23-37(66-54-39(33(2)3)18-15-19-40(54)34(4)5)31-46(43)77-47-32-38(24-26-44(47)49)67-55-41(35(6)7)20-16-21-42(55)36(8)9/h13-26,31-36,66,68H,12,27-30H2,1-11H3,(H,65,70)/b67-38+. The van der Waals surface area contributed by atoms with Gasteiger partial charge in [0.05, 0.1) is 32.8 Å². The molecule has 0 unspecified atom stereocenters. The number of nitrogens with zero attached hydrogens (tertiary/aromatic N) is 1. The summed E-state index contributed by atoms with van der Waals surface area (Å²) in [6.07, 6.45) is -0.476. The molecule has 0 bridgehead atoms. The average Bonchev–Trinajstić information content (AvgIpc) is 3.53. The Labute approximate surface area is 469 Å². The monoisotopic (exact) mass is 1160 g/mol. The zero-order valence-corrected chi connectivity index (χ0v) is 48.9. The number of sulfonamides is 2. The zero-order valence-electron chi connectivity index (χ0n) is 46.4. The number of rotatable bonds is 21. The molecule has 0 spiro atoms. The molecule has 3 N–H and O–H groups in total. The second-order valence-electron chi connectivity index (χ2n) is 21.1. The van der Waals surface area contributed by atoms with Gasteiger partial charge in [0.25, 0.3) is 20.0 Å². The van der Waals surface area contributed by atoms with Crippen LogP contribution in [0.25, 0.3) is 33.4 Å². The molecule has 1 aliphatic heterocycles. The minimum absolute atomic E-state index is 0.0636. The number of alkyl carbamates (subject to hydrolysis) is 1. The van der Waals surface area contributed by atoms with Crippen molar-refractivity contribution in [3.05, 3.63) is 148 Å². The highest BCUT2D eigenvalue weighted by atomic mass is 32.3. The second-order valence-corrected chi connectivity index (χ2v) is 25.7. The Morgan fingerprint density at radius 2 is 1.26 bits per heavy atom. The highest BCUT2D eigenvalue weighted by Crippen LogP contribution is 2.45. The van der Waals surface area contributed by atoms with Crippen molar-refractivity contribution < 1.29 is 57.9 Å². The van der Waals surface area contributed by atoms with Crippen LogP contribution in [-0.2, 0) is 34.3 Å². The lowest BCUT2D eigenvalue weighted by Crippen LogP contribution is -2.33. The number of hydrogen-bond acceptors (Lipinski definition) is 12. The minimum atomic E-state index is -5.97. The number of amides is 1. The molecule has 426 valence electrons. The van der Waals surface area contributed by atoms with Crippen molar-refractivity contribution in [3.63, 3.8) is 0 Å². The Morgan fingerprint density at radius 3 is 1.85 bits per heavy atom. The van der Waals surface area contributed by atoms with Gasteiger partial charge in [-0.25, -0.2) is 44.2 Å². The third-order valence-electron chi connectivity index (χ3n) is 13.7. The van der Waals surface area contributed by atoms with E-state index in [1.54, 1.807) is 50.2 Å². The molecule has 0 radical (unpaired) electrons. The highest BCUT2D eigenvalue weighted by molar-refractivity contribution is 8.04. The van der Waals surface area contributed by atoms with Crippen LogP contribution in [0.15, 0.2) is 121 Å². The number of anilines is 2. The largest absolute Gasteiger partial charge is 0.463 e. The number of hydrogen-bond donors (Lipinski definition) is 3. The van der Waals surface area contributed by atoms with Crippen LogP contribution >= 0.6 is 11.8 Å². The van der Waals surface area contributed by atoms with Gasteiger partial charge in [0.1, 0.15) is 24.6 Å². The molecule has 1 aliphatic carbocycles. The summed E-state index contributed by atoms with van der Waals surface area (Å²) in [5.41, 5.74) is 6.72. The molecule has 0 saturated heterocycles. The van der Waals surface area contributed by atoms with Gasteiger partial charge >= 0.3 is 12.1 Å². The van der Waals surface area contributed by atoms with Gasteiger partial charge in [-0.05, 0) is 96.5 Å². The van der Waals surface area contributed by atoms with E-state index in [-0.39, 0.29) is 71.1 Å². The first-order valence-electron chi connectivity index (χ1n) is 26.2. The number of halogens is 4. The van der Waals surface area contributed by atoms with Gasteiger partial charge in [-0.15, -0.1) is 15.9 Å². The number of ether oxygens (including phenoxy) is 2. The summed E-state index contributed by atoms with van der Waals surface area (Å²) in [5, 5.41) is 6.84. The smallest absolute Gasteiger partial charge is 0.407 e. The molecule has 7 rings (SSSR count). The number of nitrogens with one attached hydrogen (secondary N) is 3. The van der Waals surface area contributed by atoms with Crippen LogP contribution in [-0.4, -0.2) is 54.4 Å². The molecule has 0 saturated carbocycles. The van der Waals surface area contributed by atoms with E-state index in [4.69, 9.17) is 18.9 Å². The van der Waals surface area contributed by atoms with Crippen molar-refractivity contribution in [2.75, 3.05) is 30.8 Å². The third kappa shape index (κ3) is 13.2. The number of esters is 1. The topological polar surface area (TPSA) is 182 Å². The number of fused-ring (bicyclic) bond motifs is 2. The Balaban J connectivity index is 1.26. The molecule has 0 fully saturated rings. The summed E-state index contributed by atoms with van der Waals surface area (Å²) in [6, 6.07) is 28.0. The molecule has 0 aromatic heterocycles. The number of thioether (sulfide) groups is 1. The number of carbonyl (C=O) groups excluding carboxylic acids is 2. The van der Waals surface area contributed by atoms with Crippen molar-refractivity contribution in [1.29, 1.82) is 0 Å². The molecule has 5 aromatic carbocycles. The van der Waals surface area contributed by atoms with Crippen LogP contribution < -0.4 is 20.1 Å². The number of benzene rings is 6. The van der Waals surface area contributed by atoms with E-state index in [0.717, 1.165) is 39.7 Å². The van der Waals surface area contributed by atoms with Crippen molar-refractivity contribution in [1.82, 2.24) is 9.44 Å². The van der Waals surface area contributed by atoms with Gasteiger partial charge in [0.15, 0.2) is 28.2 Å². The number of carbonyl (C=O) groups is 2. The fourth-order valence-corrected chi connectivity index (χ4v) is 13.0. The maximum absolute atomic E-state index is 15.9. The second kappa shape index (κ2) is 25.0. The minimum Gasteiger partial charge on any atom is -0.463 e. The molecule has 1 amide bonds. The quantitative estimate of drug-likeness (QED) is 0.0155. The Morgan fingerprint density at radius 1 is 0.675 bits per heavy atom. The van der Waals surface area contributed by atoms with E-state index in [9.17, 15) is 26.4 Å². The summed E-state index contributed by atoms with van der Waals surface area (Å²) in [5.74, 6) is -9.17. The predicted octanol–water partition coefficient (Wildman–Crippen LogP) is 14.7. The van der Waals surface area contributed by atoms with E-state index in [0.29, 0.717) is 28.4 Å². The fourth-order valence-electron chi connectivity index (χ4n) is 8.98. The first-order chi connectivity index (χ1) is 37.7. The van der Waals surface area contributed by atoms with Crippen molar-refractivity contribution in [3.8, 4) is 22.5 Å². The average molecular weight is 1160 g/mol. The lowest BCUT2D eigenvalue weighted by atomic mass is 9.91. The van der Waals surface area contributed by atoms with Crippen LogP contribution in [0.1, 0.15) is 129 Å². The van der Waals surface area contributed by atoms with E-state index >= 15 is 17.6 Å². The fraction of sp³-hybridized carbons (Fsp3) is 0.350. The molecule has 13 nitrogen and oxygen atoms in total. The lowest BCUT2D eigenvalue weighted by Gasteiger charge is -2.22. The predicted molar refractivity (Wildman–Crippen MR) is 305 cm³/mol. The van der Waals surface area contributed by atoms with E-state index in [1.807, 2.05) is 31.2 Å². The molecular weight excluding hydrogens is 1090 g/mol. The molecule has 5 aromatic rings. The Bertz CT molecular complexity index is 3670. The van der Waals surface area contributed by atoms with E-state index in [2.05, 4.69) is 78.2 Å². The summed E-state index contributed by atoms with van der Waals surface area (Å²) < 4.78 is 138. The Kier molecular flexibility index (Phi) is 19.0. The van der Waals surface area contributed by atoms with Crippen molar-refractivity contribution in [2.24, 2.45) is 10.4 Å². The van der Waals surface area contributed by atoms with Gasteiger partial charge in [-0.2, -0.15) is 0 Å². The summed E-state index contributed by atoms with van der Waals surface area (Å²) in [4.78, 5) is 25.2. The zero-order chi connectivity index (χ0) is 58.6. The third-order valence-corrected chi connectivity index (χ3v) is 18.3. The van der Waals surface area contributed by atoms with Gasteiger partial charge in [0, 0.05) is 51.3 Å². The van der Waals surface area contributed by atoms with Crippen molar-refractivity contribution >= 4 is 71.9 Å². The van der Waals surface area contributed by atoms with Gasteiger partial charge in [0.2, 0.25) is 0 Å². The summed E-state index contributed by atoms with van der Waals surface area (Å²) >= 11 is 0.165. The van der Waals surface area contributed by atoms with Gasteiger partial charge in [-0.1, -0.05) is 117 Å². The van der Waals surface area contributed by atoms with Crippen molar-refractivity contribution in [2.45, 2.75) is 121 Å². The normalized spacial score (nSPS) is 12.6. The molecule has 1 heterocycles. The van der Waals surface area contributed by atoms with Gasteiger partial charge < -0.3 is 24.5 Å². The highest BCUT2D eigenvalue weighted by Gasteiger charge is 2.38. The van der Waals surface area contributed by atoms with E-state index < -0.39 is 87.8 Å². The molecular formula is C60H66F4N4O9S3. The number of para-hydroxylation sites is 2. The molecule has 80 heavy (non-hydrogen) atoms. The molecule has 20 heteroatoms. The first-order valence-corrected chi connectivity index (χ1v) is 30.2. The first kappa shape index (κ1) is 60.9. The maximum atomic E-state index is 15.9. The van der Waals surface area contributed by atoms with Crippen LogP contribution in [0.5, 0.6) is 0 Å². The van der Waals surface area contributed by atoms with Crippen LogP contribution in [0, 0.1) is 28.7 Å². The van der Waals surface area contributed by atoms with Crippen LogP contribution in [0.2, 0.25) is 0 Å². The Hall–Kier alpha value is -6.74. The SMILES string of the molecule is CCC(C)(C)C(=O)OCCNC(=O)OCCSc1c(F)c(F)c(S(=O)(=O)NS(=O)(=O)c2ccccc2-c2c3cc/c(=N\c4c(C(C)C)cccc4C(C)C)cc-3oc3cc(Nc4c(C(C)C)cccc4C(C)C)ccc23)c(F)c1F. The van der Waals surface area contributed by atoms with Crippen LogP contribution in [0.4, 0.5) is 39.4 Å². The molecule has 2 aliphatic rings. The van der Waals surface area contributed by atoms with Gasteiger partial charge in [-0.3, -0.25) is 4.79 Å². The lowest BCUT2D eigenvalue weighted by molar-refractivity contribution is -0.153.